The number of nitrogens with zero attached hydrogens (tertiary/aromatic N) is 1. The van der Waals surface area contributed by atoms with Crippen molar-refractivity contribution >= 4 is 38.8 Å². The molecule has 136 valence electrons. The van der Waals surface area contributed by atoms with Crippen molar-refractivity contribution in [3.8, 4) is 11.1 Å². The second-order valence-electron chi connectivity index (χ2n) is 6.23. The molecule has 0 atom stereocenters. The number of halogens is 1. The van der Waals surface area contributed by atoms with E-state index in [1.807, 2.05) is 41.8 Å². The van der Waals surface area contributed by atoms with Crippen LogP contribution in [0.2, 0.25) is 5.02 Å². The van der Waals surface area contributed by atoms with Gasteiger partial charge in [0.25, 0.3) is 5.56 Å². The van der Waals surface area contributed by atoms with Crippen molar-refractivity contribution in [1.82, 2.24) is 9.97 Å². The molecule has 4 nitrogen and oxygen atoms in total. The number of nitrogens with one attached hydrogen (secondary N) is 2. The van der Waals surface area contributed by atoms with Gasteiger partial charge >= 0.3 is 0 Å². The molecule has 27 heavy (non-hydrogen) atoms. The number of hydrogen-bond donors (Lipinski definition) is 2. The van der Waals surface area contributed by atoms with Gasteiger partial charge in [0.1, 0.15) is 10.7 Å². The van der Waals surface area contributed by atoms with Crippen molar-refractivity contribution in [1.29, 1.82) is 0 Å². The molecule has 6 heteroatoms. The number of rotatable bonds is 5. The number of H-pyrrole nitrogens is 1. The molecule has 0 saturated carbocycles. The molecule has 2 aromatic heterocycles. The number of anilines is 1. The van der Waals surface area contributed by atoms with Gasteiger partial charge in [0.2, 0.25) is 0 Å². The van der Waals surface area contributed by atoms with Crippen molar-refractivity contribution in [3.05, 3.63) is 80.7 Å². The molecule has 0 radical (unpaired) electrons. The highest BCUT2D eigenvalue weighted by Gasteiger charge is 2.14. The van der Waals surface area contributed by atoms with Crippen LogP contribution in [0.4, 0.5) is 5.69 Å². The summed E-state index contributed by atoms with van der Waals surface area (Å²) in [6.45, 7) is 2.58. The molecule has 0 saturated heterocycles. The Morgan fingerprint density at radius 2 is 1.89 bits per heavy atom. The van der Waals surface area contributed by atoms with E-state index in [9.17, 15) is 4.79 Å². The van der Waals surface area contributed by atoms with E-state index in [4.69, 9.17) is 11.6 Å². The van der Waals surface area contributed by atoms with Crippen LogP contribution >= 0.6 is 22.9 Å². The second-order valence-corrected chi connectivity index (χ2v) is 7.49. The molecule has 4 aromatic rings. The SMILES string of the molecule is CCc1ccc(NCc2nc3scc(-c4ccccc4Cl)c3c(=O)[nH]2)cc1. The van der Waals surface area contributed by atoms with Gasteiger partial charge in [0.15, 0.2) is 0 Å². The van der Waals surface area contributed by atoms with Gasteiger partial charge in [-0.1, -0.05) is 48.9 Å². The van der Waals surface area contributed by atoms with Crippen LogP contribution in [0.5, 0.6) is 0 Å². The van der Waals surface area contributed by atoms with Crippen molar-refractivity contribution in [2.24, 2.45) is 0 Å². The molecule has 0 aliphatic carbocycles. The topological polar surface area (TPSA) is 57.8 Å². The molecular formula is C21H18ClN3OS. The number of hydrogen-bond acceptors (Lipinski definition) is 4. The Balaban J connectivity index is 1.63. The lowest BCUT2D eigenvalue weighted by Gasteiger charge is -2.07. The number of aromatic amines is 1. The van der Waals surface area contributed by atoms with Gasteiger partial charge in [-0.15, -0.1) is 11.3 Å². The summed E-state index contributed by atoms with van der Waals surface area (Å²) in [6, 6.07) is 15.8. The van der Waals surface area contributed by atoms with Crippen LogP contribution in [0.15, 0.2) is 58.7 Å². The fourth-order valence-electron chi connectivity index (χ4n) is 3.00. The summed E-state index contributed by atoms with van der Waals surface area (Å²) in [5, 5.41) is 6.45. The number of aromatic nitrogens is 2. The summed E-state index contributed by atoms with van der Waals surface area (Å²) < 4.78 is 0. The van der Waals surface area contributed by atoms with E-state index in [0.717, 1.165) is 23.2 Å². The van der Waals surface area contributed by atoms with E-state index in [1.54, 1.807) is 0 Å². The Bertz CT molecular complexity index is 1150. The predicted molar refractivity (Wildman–Crippen MR) is 114 cm³/mol. The summed E-state index contributed by atoms with van der Waals surface area (Å²) in [5.41, 5.74) is 3.81. The van der Waals surface area contributed by atoms with Gasteiger partial charge in [-0.05, 0) is 30.2 Å². The highest BCUT2D eigenvalue weighted by atomic mass is 35.5. The Morgan fingerprint density at radius 3 is 2.63 bits per heavy atom. The first-order chi connectivity index (χ1) is 13.2. The Hall–Kier alpha value is -2.63. The molecule has 0 aliphatic rings. The van der Waals surface area contributed by atoms with Gasteiger partial charge < -0.3 is 10.3 Å². The van der Waals surface area contributed by atoms with E-state index >= 15 is 0 Å². The van der Waals surface area contributed by atoms with Crippen LogP contribution in [-0.2, 0) is 13.0 Å². The Morgan fingerprint density at radius 1 is 1.11 bits per heavy atom. The monoisotopic (exact) mass is 395 g/mol. The van der Waals surface area contributed by atoms with Crippen LogP contribution in [0.25, 0.3) is 21.3 Å². The van der Waals surface area contributed by atoms with Gasteiger partial charge in [0.05, 0.1) is 11.9 Å². The maximum atomic E-state index is 12.7. The van der Waals surface area contributed by atoms with Gasteiger partial charge in [-0.2, -0.15) is 0 Å². The van der Waals surface area contributed by atoms with Crippen molar-refractivity contribution in [2.45, 2.75) is 19.9 Å². The molecule has 4 rings (SSSR count). The van der Waals surface area contributed by atoms with E-state index < -0.39 is 0 Å². The summed E-state index contributed by atoms with van der Waals surface area (Å²) in [5.74, 6) is 0.611. The summed E-state index contributed by atoms with van der Waals surface area (Å²) >= 11 is 7.76. The fraction of sp³-hybridized carbons (Fsp3) is 0.143. The van der Waals surface area contributed by atoms with Crippen LogP contribution in [0.1, 0.15) is 18.3 Å². The smallest absolute Gasteiger partial charge is 0.260 e. The maximum absolute atomic E-state index is 12.7. The summed E-state index contributed by atoms with van der Waals surface area (Å²) in [6.07, 6.45) is 1.01. The van der Waals surface area contributed by atoms with E-state index in [1.165, 1.54) is 16.9 Å². The third-order valence-electron chi connectivity index (χ3n) is 4.48. The molecule has 0 spiro atoms. The van der Waals surface area contributed by atoms with Crippen LogP contribution in [-0.4, -0.2) is 9.97 Å². The quantitative estimate of drug-likeness (QED) is 0.470. The minimum absolute atomic E-state index is 0.144. The van der Waals surface area contributed by atoms with Crippen molar-refractivity contribution < 1.29 is 0 Å². The fourth-order valence-corrected chi connectivity index (χ4v) is 4.19. The van der Waals surface area contributed by atoms with Gasteiger partial charge in [-0.3, -0.25) is 4.79 Å². The zero-order valence-electron chi connectivity index (χ0n) is 14.8. The molecule has 0 amide bonds. The zero-order chi connectivity index (χ0) is 18.8. The number of thiophene rings is 1. The molecule has 2 heterocycles. The zero-order valence-corrected chi connectivity index (χ0v) is 16.3. The molecule has 0 aliphatic heterocycles. The van der Waals surface area contributed by atoms with Crippen LogP contribution in [0.3, 0.4) is 0 Å². The molecule has 0 fully saturated rings. The van der Waals surface area contributed by atoms with Gasteiger partial charge in [-0.25, -0.2) is 4.98 Å². The highest BCUT2D eigenvalue weighted by molar-refractivity contribution is 7.17. The third-order valence-corrected chi connectivity index (χ3v) is 5.68. The second kappa shape index (κ2) is 7.55. The minimum Gasteiger partial charge on any atom is -0.378 e. The normalized spacial score (nSPS) is 11.0. The largest absolute Gasteiger partial charge is 0.378 e. The van der Waals surface area contributed by atoms with E-state index in [-0.39, 0.29) is 5.56 Å². The Labute approximate surface area is 165 Å². The molecule has 2 N–H and O–H groups in total. The van der Waals surface area contributed by atoms with E-state index in [0.29, 0.717) is 27.6 Å². The summed E-state index contributed by atoms with van der Waals surface area (Å²) in [7, 11) is 0. The maximum Gasteiger partial charge on any atom is 0.260 e. The molecular weight excluding hydrogens is 378 g/mol. The average molecular weight is 396 g/mol. The Kier molecular flexibility index (Phi) is 4.97. The molecule has 0 bridgehead atoms. The third kappa shape index (κ3) is 3.61. The van der Waals surface area contributed by atoms with Crippen molar-refractivity contribution in [2.75, 3.05) is 5.32 Å². The van der Waals surface area contributed by atoms with E-state index in [2.05, 4.69) is 34.3 Å². The first-order valence-corrected chi connectivity index (χ1v) is 9.99. The lowest BCUT2D eigenvalue weighted by Crippen LogP contribution is -2.14. The molecule has 0 unspecified atom stereocenters. The van der Waals surface area contributed by atoms with Crippen molar-refractivity contribution in [3.63, 3.8) is 0 Å². The van der Waals surface area contributed by atoms with Gasteiger partial charge in [0, 0.05) is 27.2 Å². The predicted octanol–water partition coefficient (Wildman–Crippen LogP) is 5.48. The lowest BCUT2D eigenvalue weighted by atomic mass is 10.1. The number of aryl methyl sites for hydroxylation is 1. The number of benzene rings is 2. The first-order valence-electron chi connectivity index (χ1n) is 8.74. The summed E-state index contributed by atoms with van der Waals surface area (Å²) in [4.78, 5) is 20.9. The lowest BCUT2D eigenvalue weighted by molar-refractivity contribution is 0.956. The molecule has 2 aromatic carbocycles. The average Bonchev–Trinajstić information content (AvgIpc) is 3.11. The standard InChI is InChI=1S/C21H18ClN3OS/c1-2-13-7-9-14(10-8-13)23-11-18-24-20(26)19-16(12-27-21(19)25-18)15-5-3-4-6-17(15)22/h3-10,12,23H,2,11H2,1H3,(H,24,25,26). The van der Waals surface area contributed by atoms with Crippen LogP contribution < -0.4 is 10.9 Å². The van der Waals surface area contributed by atoms with Crippen LogP contribution in [0, 0.1) is 0 Å². The minimum atomic E-state index is -0.144. The number of fused-ring (bicyclic) bond motifs is 1. The highest BCUT2D eigenvalue weighted by Crippen LogP contribution is 2.34. The first kappa shape index (κ1) is 17.8.